The molecule has 8 nitrogen and oxygen atoms in total. The maximum absolute atomic E-state index is 13.4. The van der Waals surface area contributed by atoms with Crippen molar-refractivity contribution in [3.05, 3.63) is 119 Å². The Hall–Kier alpha value is -5.07. The Labute approximate surface area is 230 Å². The molecule has 0 aliphatic heterocycles. The van der Waals surface area contributed by atoms with Gasteiger partial charge in [0, 0.05) is 16.7 Å². The number of nitrogens with two attached hydrogens (primary N) is 1. The lowest BCUT2D eigenvalue weighted by atomic mass is 9.94. The number of nitrogens with one attached hydrogen (secondary N) is 1. The minimum absolute atomic E-state index is 0.160. The van der Waals surface area contributed by atoms with Gasteiger partial charge in [-0.3, -0.25) is 4.79 Å². The van der Waals surface area contributed by atoms with Crippen LogP contribution in [0.3, 0.4) is 0 Å². The summed E-state index contributed by atoms with van der Waals surface area (Å²) < 4.78 is 25.0. The molecule has 40 heavy (non-hydrogen) atoms. The molecule has 3 aromatic carbocycles. The minimum Gasteiger partial charge on any atom is -0.463 e. The molecule has 0 bridgehead atoms. The molecule has 200 valence electrons. The average Bonchev–Trinajstić information content (AvgIpc) is 3.64. The minimum atomic E-state index is -0.940. The van der Waals surface area contributed by atoms with Crippen LogP contribution in [-0.4, -0.2) is 16.1 Å². The average molecular weight is 536 g/mol. The summed E-state index contributed by atoms with van der Waals surface area (Å²) in [4.78, 5) is 13.4. The summed E-state index contributed by atoms with van der Waals surface area (Å²) in [5.74, 6) is -0.0479. The molecule has 9 heteroatoms. The van der Waals surface area contributed by atoms with Gasteiger partial charge < -0.3 is 19.9 Å². The number of nitrogens with zero attached hydrogens (tertiary/aromatic N) is 3. The van der Waals surface area contributed by atoms with E-state index in [1.165, 1.54) is 18.4 Å². The highest BCUT2D eigenvalue weighted by atomic mass is 19.1. The van der Waals surface area contributed by atoms with E-state index in [0.29, 0.717) is 28.9 Å². The van der Waals surface area contributed by atoms with Crippen molar-refractivity contribution >= 4 is 5.91 Å². The van der Waals surface area contributed by atoms with Crippen molar-refractivity contribution in [2.45, 2.75) is 31.8 Å². The van der Waals surface area contributed by atoms with Gasteiger partial charge in [0.05, 0.1) is 23.4 Å². The molecule has 1 amide bonds. The second-order valence-corrected chi connectivity index (χ2v) is 9.81. The zero-order chi connectivity index (χ0) is 28.3. The van der Waals surface area contributed by atoms with Crippen LogP contribution in [0.25, 0.3) is 22.8 Å². The Bertz CT molecular complexity index is 1680. The highest BCUT2D eigenvalue weighted by Crippen LogP contribution is 2.32. The number of benzene rings is 3. The fourth-order valence-electron chi connectivity index (χ4n) is 4.42. The first kappa shape index (κ1) is 26.5. The molecule has 0 spiro atoms. The summed E-state index contributed by atoms with van der Waals surface area (Å²) >= 11 is 0. The fraction of sp³-hybridized carbons (Fsp3) is 0.161. The van der Waals surface area contributed by atoms with Gasteiger partial charge in [0.2, 0.25) is 11.8 Å². The largest absolute Gasteiger partial charge is 0.463 e. The monoisotopic (exact) mass is 535 g/mol. The number of halogens is 1. The van der Waals surface area contributed by atoms with Crippen molar-refractivity contribution in [3.8, 4) is 28.8 Å². The first-order valence-corrected chi connectivity index (χ1v) is 12.6. The van der Waals surface area contributed by atoms with Crippen molar-refractivity contribution in [1.29, 1.82) is 5.26 Å². The highest BCUT2D eigenvalue weighted by molar-refractivity contribution is 5.97. The summed E-state index contributed by atoms with van der Waals surface area (Å²) in [5.41, 5.74) is 8.92. The second kappa shape index (κ2) is 11.0. The lowest BCUT2D eigenvalue weighted by molar-refractivity contribution is 0.0940. The summed E-state index contributed by atoms with van der Waals surface area (Å²) in [6.45, 7) is 3.61. The Kier molecular flexibility index (Phi) is 7.27. The molecule has 0 fully saturated rings. The summed E-state index contributed by atoms with van der Waals surface area (Å²) in [7, 11) is 0. The maximum Gasteiger partial charge on any atom is 0.251 e. The van der Waals surface area contributed by atoms with E-state index in [1.807, 2.05) is 37.3 Å². The number of carbonyl (C=O) groups excluding carboxylic acids is 1. The third-order valence-corrected chi connectivity index (χ3v) is 6.54. The van der Waals surface area contributed by atoms with Gasteiger partial charge in [0.25, 0.3) is 5.91 Å². The predicted molar refractivity (Wildman–Crippen MR) is 146 cm³/mol. The van der Waals surface area contributed by atoms with Gasteiger partial charge >= 0.3 is 0 Å². The third kappa shape index (κ3) is 5.67. The van der Waals surface area contributed by atoms with Crippen LogP contribution in [0.5, 0.6) is 0 Å². The van der Waals surface area contributed by atoms with Crippen LogP contribution in [0.4, 0.5) is 4.39 Å². The molecule has 0 unspecified atom stereocenters. The Morgan fingerprint density at radius 3 is 2.52 bits per heavy atom. The summed E-state index contributed by atoms with van der Waals surface area (Å²) in [5, 5.41) is 20.9. The lowest BCUT2D eigenvalue weighted by Gasteiger charge is -2.20. The standard InChI is InChI=1S/C31H26FN5O3/c1-19(21-8-10-26(32)11-9-21)35-28(38)24-14-23(27-22(18-33)12-13-39-27)15-25(16-24)29-36-37-30(40-29)31(2,34)17-20-6-4-3-5-7-20/h3-16,19H,17,34H2,1-2H3,(H,35,38)/t19-,31+/m1/s1. The van der Waals surface area contributed by atoms with Crippen LogP contribution in [0, 0.1) is 17.1 Å². The van der Waals surface area contributed by atoms with Gasteiger partial charge in [0.15, 0.2) is 5.76 Å². The third-order valence-electron chi connectivity index (χ3n) is 6.54. The van der Waals surface area contributed by atoms with Crippen LogP contribution in [0.15, 0.2) is 94.0 Å². The number of furan rings is 1. The van der Waals surface area contributed by atoms with Crippen LogP contribution >= 0.6 is 0 Å². The number of hydrogen-bond donors (Lipinski definition) is 2. The second-order valence-electron chi connectivity index (χ2n) is 9.81. The number of nitriles is 1. The Morgan fingerprint density at radius 1 is 1.07 bits per heavy atom. The molecule has 5 rings (SSSR count). The topological polar surface area (TPSA) is 131 Å². The molecular formula is C31H26FN5O3. The van der Waals surface area contributed by atoms with Gasteiger partial charge in [-0.15, -0.1) is 10.2 Å². The summed E-state index contributed by atoms with van der Waals surface area (Å²) in [6, 6.07) is 23.8. The van der Waals surface area contributed by atoms with E-state index in [9.17, 15) is 14.4 Å². The quantitative estimate of drug-likeness (QED) is 0.252. The van der Waals surface area contributed by atoms with E-state index in [2.05, 4.69) is 21.6 Å². The van der Waals surface area contributed by atoms with E-state index < -0.39 is 17.5 Å². The number of rotatable bonds is 8. The van der Waals surface area contributed by atoms with Crippen molar-refractivity contribution in [2.24, 2.45) is 5.73 Å². The van der Waals surface area contributed by atoms with E-state index in [1.54, 1.807) is 43.3 Å². The molecular weight excluding hydrogens is 509 g/mol. The Balaban J connectivity index is 1.49. The van der Waals surface area contributed by atoms with Gasteiger partial charge in [-0.25, -0.2) is 4.39 Å². The first-order chi connectivity index (χ1) is 19.2. The van der Waals surface area contributed by atoms with Crippen molar-refractivity contribution < 1.29 is 18.0 Å². The SMILES string of the molecule is C[C@@H](NC(=O)c1cc(-c2nnc([C@@](C)(N)Cc3ccccc3)o2)cc(-c2occc2C#N)c1)c1ccc(F)cc1. The van der Waals surface area contributed by atoms with Crippen LogP contribution < -0.4 is 11.1 Å². The number of hydrogen-bond acceptors (Lipinski definition) is 7. The molecule has 0 saturated heterocycles. The van der Waals surface area contributed by atoms with Crippen LogP contribution in [0.2, 0.25) is 0 Å². The molecule has 0 aliphatic rings. The van der Waals surface area contributed by atoms with Crippen LogP contribution in [0.1, 0.15) is 52.8 Å². The predicted octanol–water partition coefficient (Wildman–Crippen LogP) is 5.91. The van der Waals surface area contributed by atoms with Crippen molar-refractivity contribution in [3.63, 3.8) is 0 Å². The molecule has 0 aliphatic carbocycles. The molecule has 0 saturated carbocycles. The van der Waals surface area contributed by atoms with E-state index in [4.69, 9.17) is 14.6 Å². The fourth-order valence-corrected chi connectivity index (χ4v) is 4.42. The smallest absolute Gasteiger partial charge is 0.251 e. The summed E-state index contributed by atoms with van der Waals surface area (Å²) in [6.07, 6.45) is 1.88. The zero-order valence-corrected chi connectivity index (χ0v) is 21.9. The van der Waals surface area contributed by atoms with Crippen molar-refractivity contribution in [2.75, 3.05) is 0 Å². The van der Waals surface area contributed by atoms with Crippen LogP contribution in [-0.2, 0) is 12.0 Å². The molecule has 2 aromatic heterocycles. The maximum atomic E-state index is 13.4. The van der Waals surface area contributed by atoms with E-state index in [0.717, 1.165) is 11.1 Å². The molecule has 0 radical (unpaired) electrons. The highest BCUT2D eigenvalue weighted by Gasteiger charge is 2.29. The number of aromatic nitrogens is 2. The van der Waals surface area contributed by atoms with Gasteiger partial charge in [-0.1, -0.05) is 42.5 Å². The lowest BCUT2D eigenvalue weighted by Crippen LogP contribution is -2.35. The van der Waals surface area contributed by atoms with E-state index >= 15 is 0 Å². The Morgan fingerprint density at radius 2 is 1.80 bits per heavy atom. The number of carbonyl (C=O) groups is 1. The molecule has 2 heterocycles. The number of amides is 1. The van der Waals surface area contributed by atoms with Gasteiger partial charge in [-0.2, -0.15) is 5.26 Å². The van der Waals surface area contributed by atoms with Crippen molar-refractivity contribution in [1.82, 2.24) is 15.5 Å². The van der Waals surface area contributed by atoms with Gasteiger partial charge in [0.1, 0.15) is 11.9 Å². The first-order valence-electron chi connectivity index (χ1n) is 12.6. The van der Waals surface area contributed by atoms with Gasteiger partial charge in [-0.05, 0) is 67.8 Å². The zero-order valence-electron chi connectivity index (χ0n) is 21.9. The molecule has 3 N–H and O–H groups in total. The van der Waals surface area contributed by atoms with E-state index in [-0.39, 0.29) is 23.2 Å². The normalized spacial score (nSPS) is 13.3. The molecule has 2 atom stereocenters. The molecule has 5 aromatic rings.